The summed E-state index contributed by atoms with van der Waals surface area (Å²) in [5.74, 6) is 0. The zero-order valence-corrected chi connectivity index (χ0v) is 7.94. The number of benzene rings is 1. The van der Waals surface area contributed by atoms with Crippen LogP contribution in [0.4, 0.5) is 0 Å². The second kappa shape index (κ2) is 3.34. The Morgan fingerprint density at radius 1 is 1.36 bits per heavy atom. The Labute approximate surface area is 82.9 Å². The van der Waals surface area contributed by atoms with Crippen LogP contribution in [0.3, 0.4) is 0 Å². The Kier molecular flexibility index (Phi) is 2.17. The van der Waals surface area contributed by atoms with Crippen LogP contribution in [0.1, 0.15) is 16.5 Å². The summed E-state index contributed by atoms with van der Waals surface area (Å²) in [7, 11) is -1.55. The standard InChI is InChI=1S/C9H7NO3S/c11-10(12)9-8-4-2-1-3-7(8)5-6-14(9)13/h1-6,9H. The van der Waals surface area contributed by atoms with Crippen molar-refractivity contribution in [2.24, 2.45) is 0 Å². The number of nitro groups is 1. The molecule has 1 aromatic carbocycles. The zero-order valence-electron chi connectivity index (χ0n) is 7.12. The lowest BCUT2D eigenvalue weighted by atomic mass is 10.1. The summed E-state index contributed by atoms with van der Waals surface area (Å²) < 4.78 is 11.4. The van der Waals surface area contributed by atoms with Crippen molar-refractivity contribution in [1.29, 1.82) is 0 Å². The van der Waals surface area contributed by atoms with E-state index in [2.05, 4.69) is 0 Å². The van der Waals surface area contributed by atoms with Gasteiger partial charge in [-0.25, -0.2) is 4.21 Å². The quantitative estimate of drug-likeness (QED) is 0.522. The highest BCUT2D eigenvalue weighted by atomic mass is 32.2. The fraction of sp³-hybridized carbons (Fsp3) is 0.111. The molecule has 0 fully saturated rings. The topological polar surface area (TPSA) is 60.2 Å². The first-order valence-electron chi connectivity index (χ1n) is 4.00. The van der Waals surface area contributed by atoms with Crippen molar-refractivity contribution in [3.8, 4) is 0 Å². The predicted octanol–water partition coefficient (Wildman–Crippen LogP) is 1.69. The number of hydrogen-bond donors (Lipinski definition) is 0. The second-order valence-corrected chi connectivity index (χ2v) is 4.27. The van der Waals surface area contributed by atoms with Crippen molar-refractivity contribution >= 4 is 16.9 Å². The molecule has 5 heteroatoms. The first-order chi connectivity index (χ1) is 6.70. The average Bonchev–Trinajstić information content (AvgIpc) is 2.17. The van der Waals surface area contributed by atoms with Gasteiger partial charge in [0.15, 0.2) is 0 Å². The monoisotopic (exact) mass is 209 g/mol. The van der Waals surface area contributed by atoms with E-state index in [9.17, 15) is 14.3 Å². The summed E-state index contributed by atoms with van der Waals surface area (Å²) in [6.07, 6.45) is 1.66. The van der Waals surface area contributed by atoms with Crippen molar-refractivity contribution in [3.05, 3.63) is 50.9 Å². The van der Waals surface area contributed by atoms with Crippen LogP contribution < -0.4 is 0 Å². The highest BCUT2D eigenvalue weighted by molar-refractivity contribution is 7.88. The normalized spacial score (nSPS) is 24.3. The van der Waals surface area contributed by atoms with E-state index in [1.807, 2.05) is 0 Å². The molecule has 2 unspecified atom stereocenters. The van der Waals surface area contributed by atoms with Crippen molar-refractivity contribution in [2.75, 3.05) is 0 Å². The molecule has 1 heterocycles. The van der Waals surface area contributed by atoms with Gasteiger partial charge in [-0.3, -0.25) is 10.1 Å². The lowest BCUT2D eigenvalue weighted by Crippen LogP contribution is -2.18. The first-order valence-corrected chi connectivity index (χ1v) is 5.28. The predicted molar refractivity (Wildman–Crippen MR) is 53.4 cm³/mol. The SMILES string of the molecule is O=[N+]([O-])C1c2ccccc2C=CS1=O. The fourth-order valence-corrected chi connectivity index (χ4v) is 2.49. The molecule has 0 saturated heterocycles. The van der Waals surface area contributed by atoms with E-state index in [4.69, 9.17) is 0 Å². The third kappa shape index (κ3) is 1.35. The van der Waals surface area contributed by atoms with Gasteiger partial charge in [0.05, 0.1) is 0 Å². The number of nitrogens with zero attached hydrogens (tertiary/aromatic N) is 1. The first kappa shape index (κ1) is 9.08. The molecule has 2 rings (SSSR count). The lowest BCUT2D eigenvalue weighted by Gasteiger charge is -2.13. The summed E-state index contributed by atoms with van der Waals surface area (Å²) in [6.45, 7) is 0. The van der Waals surface area contributed by atoms with E-state index < -0.39 is 21.1 Å². The summed E-state index contributed by atoms with van der Waals surface area (Å²) in [6, 6.07) is 6.93. The Morgan fingerprint density at radius 2 is 2.07 bits per heavy atom. The molecule has 4 nitrogen and oxygen atoms in total. The molecular formula is C9H7NO3S. The van der Waals surface area contributed by atoms with Crippen LogP contribution in [-0.4, -0.2) is 9.13 Å². The van der Waals surface area contributed by atoms with Crippen molar-refractivity contribution in [1.82, 2.24) is 0 Å². The maximum atomic E-state index is 11.4. The minimum absolute atomic E-state index is 0.502. The van der Waals surface area contributed by atoms with Gasteiger partial charge >= 0.3 is 5.37 Å². The molecule has 2 atom stereocenters. The highest BCUT2D eigenvalue weighted by Gasteiger charge is 2.32. The summed E-state index contributed by atoms with van der Waals surface area (Å²) in [5, 5.41) is 11.0. The molecule has 0 aliphatic carbocycles. The molecule has 72 valence electrons. The largest absolute Gasteiger partial charge is 0.315 e. The molecule has 0 N–H and O–H groups in total. The smallest absolute Gasteiger partial charge is 0.263 e. The van der Waals surface area contributed by atoms with Crippen molar-refractivity contribution in [2.45, 2.75) is 5.37 Å². The average molecular weight is 209 g/mol. The van der Waals surface area contributed by atoms with Crippen LogP contribution in [0, 0.1) is 10.1 Å². The number of hydrogen-bond acceptors (Lipinski definition) is 3. The van der Waals surface area contributed by atoms with E-state index in [0.29, 0.717) is 5.56 Å². The van der Waals surface area contributed by atoms with Gasteiger partial charge in [-0.05, 0) is 11.6 Å². The van der Waals surface area contributed by atoms with Gasteiger partial charge in [-0.1, -0.05) is 24.3 Å². The third-order valence-corrected chi connectivity index (χ3v) is 3.33. The summed E-state index contributed by atoms with van der Waals surface area (Å²) in [4.78, 5) is 10.2. The third-order valence-electron chi connectivity index (χ3n) is 2.06. The van der Waals surface area contributed by atoms with Crippen LogP contribution in [0.2, 0.25) is 0 Å². The Morgan fingerprint density at radius 3 is 2.79 bits per heavy atom. The van der Waals surface area contributed by atoms with Gasteiger partial charge in [0.1, 0.15) is 10.8 Å². The van der Waals surface area contributed by atoms with Gasteiger partial charge in [0.2, 0.25) is 0 Å². The Hall–Kier alpha value is -1.49. The second-order valence-electron chi connectivity index (χ2n) is 2.90. The number of rotatable bonds is 1. The molecule has 1 aromatic rings. The molecule has 0 radical (unpaired) electrons. The van der Waals surface area contributed by atoms with Gasteiger partial charge in [0.25, 0.3) is 0 Å². The minimum atomic E-state index is -1.55. The van der Waals surface area contributed by atoms with Gasteiger partial charge < -0.3 is 0 Å². The molecule has 0 amide bonds. The maximum absolute atomic E-state index is 11.4. The highest BCUT2D eigenvalue weighted by Crippen LogP contribution is 2.29. The maximum Gasteiger partial charge on any atom is 0.315 e. The summed E-state index contributed by atoms with van der Waals surface area (Å²) >= 11 is 0. The Bertz CT molecular complexity index is 441. The van der Waals surface area contributed by atoms with Crippen LogP contribution in [0.5, 0.6) is 0 Å². The molecule has 0 saturated carbocycles. The van der Waals surface area contributed by atoms with E-state index in [-0.39, 0.29) is 0 Å². The van der Waals surface area contributed by atoms with Gasteiger partial charge in [0, 0.05) is 15.9 Å². The van der Waals surface area contributed by atoms with E-state index in [0.717, 1.165) is 5.56 Å². The van der Waals surface area contributed by atoms with Crippen molar-refractivity contribution < 1.29 is 9.13 Å². The molecule has 1 aliphatic rings. The van der Waals surface area contributed by atoms with E-state index >= 15 is 0 Å². The fourth-order valence-electron chi connectivity index (χ4n) is 1.43. The molecular weight excluding hydrogens is 202 g/mol. The van der Waals surface area contributed by atoms with Gasteiger partial charge in [-0.15, -0.1) is 0 Å². The molecule has 0 spiro atoms. The lowest BCUT2D eigenvalue weighted by molar-refractivity contribution is -0.501. The minimum Gasteiger partial charge on any atom is -0.263 e. The summed E-state index contributed by atoms with van der Waals surface area (Å²) in [5.41, 5.74) is 1.30. The molecule has 1 aliphatic heterocycles. The van der Waals surface area contributed by atoms with Crippen molar-refractivity contribution in [3.63, 3.8) is 0 Å². The van der Waals surface area contributed by atoms with Crippen LogP contribution in [0.15, 0.2) is 29.7 Å². The van der Waals surface area contributed by atoms with E-state index in [1.54, 1.807) is 30.3 Å². The molecule has 0 aromatic heterocycles. The zero-order chi connectivity index (χ0) is 10.1. The Balaban J connectivity index is 2.59. The van der Waals surface area contributed by atoms with Crippen LogP contribution in [-0.2, 0) is 10.8 Å². The van der Waals surface area contributed by atoms with E-state index in [1.165, 1.54) is 5.41 Å². The number of fused-ring (bicyclic) bond motifs is 1. The van der Waals surface area contributed by atoms with Crippen LogP contribution in [0.25, 0.3) is 6.08 Å². The molecule has 0 bridgehead atoms. The molecule has 14 heavy (non-hydrogen) atoms. The van der Waals surface area contributed by atoms with Crippen LogP contribution >= 0.6 is 0 Å². The van der Waals surface area contributed by atoms with Gasteiger partial charge in [-0.2, -0.15) is 0 Å².